The number of aryl methyl sites for hydroxylation is 1. The zero-order valence-electron chi connectivity index (χ0n) is 12.1. The number of pyridine rings is 1. The van der Waals surface area contributed by atoms with Gasteiger partial charge in [0.2, 0.25) is 0 Å². The number of hydrogen-bond donors (Lipinski definition) is 2. The third-order valence-electron chi connectivity index (χ3n) is 4.04. The van der Waals surface area contributed by atoms with Gasteiger partial charge in [-0.05, 0) is 18.9 Å². The van der Waals surface area contributed by atoms with E-state index < -0.39 is 11.4 Å². The van der Waals surface area contributed by atoms with Crippen LogP contribution in [0.2, 0.25) is 0 Å². The van der Waals surface area contributed by atoms with E-state index in [0.717, 1.165) is 11.0 Å². The Morgan fingerprint density at radius 1 is 1.40 bits per heavy atom. The van der Waals surface area contributed by atoms with Crippen LogP contribution in [0.3, 0.4) is 0 Å². The highest BCUT2D eigenvalue weighted by atomic mass is 16.4. The van der Waals surface area contributed by atoms with E-state index in [1.807, 2.05) is 31.5 Å². The third kappa shape index (κ3) is 2.33. The van der Waals surface area contributed by atoms with Crippen LogP contribution in [-0.4, -0.2) is 32.2 Å². The lowest BCUT2D eigenvalue weighted by Crippen LogP contribution is -2.37. The number of rotatable bonds is 6. The van der Waals surface area contributed by atoms with Crippen molar-refractivity contribution >= 4 is 22.8 Å². The Kier molecular flexibility index (Phi) is 3.92. The molecule has 2 aromatic rings. The summed E-state index contributed by atoms with van der Waals surface area (Å²) in [6.45, 7) is 4.14. The van der Waals surface area contributed by atoms with Gasteiger partial charge in [0, 0.05) is 19.8 Å². The number of nitrogens with one attached hydrogen (secondary N) is 1. The molecule has 0 bridgehead atoms. The molecule has 0 aliphatic heterocycles. The zero-order valence-corrected chi connectivity index (χ0v) is 12.1. The fraction of sp³-hybridized carbons (Fsp3) is 0.500. The Bertz CT molecular complexity index is 617. The molecule has 0 aliphatic carbocycles. The molecule has 0 unspecified atom stereocenters. The fourth-order valence-corrected chi connectivity index (χ4v) is 2.32. The Labute approximate surface area is 117 Å². The predicted molar refractivity (Wildman–Crippen MR) is 77.6 cm³/mol. The average molecular weight is 276 g/mol. The monoisotopic (exact) mass is 276 g/mol. The van der Waals surface area contributed by atoms with E-state index in [4.69, 9.17) is 0 Å². The highest BCUT2D eigenvalue weighted by Crippen LogP contribution is 2.28. The molecule has 2 heterocycles. The summed E-state index contributed by atoms with van der Waals surface area (Å²) in [6.07, 6.45) is 4.57. The molecule has 0 atom stereocenters. The van der Waals surface area contributed by atoms with Gasteiger partial charge in [-0.3, -0.25) is 4.79 Å². The first-order valence-electron chi connectivity index (χ1n) is 6.77. The second-order valence-electron chi connectivity index (χ2n) is 5.03. The average Bonchev–Trinajstić information content (AvgIpc) is 2.83. The largest absolute Gasteiger partial charge is 0.481 e. The lowest BCUT2D eigenvalue weighted by Gasteiger charge is -2.27. The van der Waals surface area contributed by atoms with E-state index in [-0.39, 0.29) is 0 Å². The summed E-state index contributed by atoms with van der Waals surface area (Å²) in [4.78, 5) is 20.1. The van der Waals surface area contributed by atoms with Crippen molar-refractivity contribution < 1.29 is 9.90 Å². The van der Waals surface area contributed by atoms with Gasteiger partial charge in [0.05, 0.1) is 17.3 Å². The van der Waals surface area contributed by atoms with Gasteiger partial charge in [0.15, 0.2) is 5.82 Å². The molecule has 0 spiro atoms. The van der Waals surface area contributed by atoms with Crippen LogP contribution >= 0.6 is 0 Å². The van der Waals surface area contributed by atoms with Crippen LogP contribution in [0.1, 0.15) is 26.7 Å². The number of imidazole rings is 1. The maximum absolute atomic E-state index is 11.5. The summed E-state index contributed by atoms with van der Waals surface area (Å²) < 4.78 is 1.91. The van der Waals surface area contributed by atoms with Crippen molar-refractivity contribution in [3.05, 3.63) is 18.6 Å². The minimum Gasteiger partial charge on any atom is -0.481 e. The summed E-state index contributed by atoms with van der Waals surface area (Å²) in [6, 6.07) is 1.89. The van der Waals surface area contributed by atoms with E-state index >= 15 is 0 Å². The first kappa shape index (κ1) is 14.3. The minimum atomic E-state index is -0.775. The number of anilines is 1. The zero-order chi connectivity index (χ0) is 14.8. The summed E-state index contributed by atoms with van der Waals surface area (Å²) in [5, 5.41) is 12.6. The van der Waals surface area contributed by atoms with Crippen LogP contribution in [0.25, 0.3) is 11.0 Å². The van der Waals surface area contributed by atoms with Gasteiger partial charge >= 0.3 is 5.97 Å². The van der Waals surface area contributed by atoms with Crippen LogP contribution in [0, 0.1) is 5.41 Å². The van der Waals surface area contributed by atoms with E-state index in [2.05, 4.69) is 15.3 Å². The maximum Gasteiger partial charge on any atom is 0.311 e. The van der Waals surface area contributed by atoms with Gasteiger partial charge in [-0.2, -0.15) is 0 Å². The number of carboxylic acids is 1. The molecule has 2 N–H and O–H groups in total. The molecule has 0 amide bonds. The van der Waals surface area contributed by atoms with Crippen LogP contribution < -0.4 is 5.32 Å². The van der Waals surface area contributed by atoms with Crippen molar-refractivity contribution in [2.24, 2.45) is 12.5 Å². The van der Waals surface area contributed by atoms with Crippen molar-refractivity contribution in [3.8, 4) is 0 Å². The third-order valence-corrected chi connectivity index (χ3v) is 4.04. The van der Waals surface area contributed by atoms with Crippen LogP contribution in [0.4, 0.5) is 5.82 Å². The Hall–Kier alpha value is -2.11. The van der Waals surface area contributed by atoms with Crippen molar-refractivity contribution in [2.75, 3.05) is 11.9 Å². The highest BCUT2D eigenvalue weighted by molar-refractivity contribution is 5.86. The smallest absolute Gasteiger partial charge is 0.311 e. The summed E-state index contributed by atoms with van der Waals surface area (Å²) in [5.41, 5.74) is 0.969. The number of aliphatic carboxylic acids is 1. The Balaban J connectivity index is 2.26. The van der Waals surface area contributed by atoms with E-state index in [9.17, 15) is 9.90 Å². The summed E-state index contributed by atoms with van der Waals surface area (Å²) >= 11 is 0. The second-order valence-corrected chi connectivity index (χ2v) is 5.03. The molecule has 6 heteroatoms. The quantitative estimate of drug-likeness (QED) is 0.846. The predicted octanol–water partition coefficient (Wildman–Crippen LogP) is 2.27. The van der Waals surface area contributed by atoms with Crippen molar-refractivity contribution in [1.82, 2.24) is 14.5 Å². The minimum absolute atomic E-state index is 0.345. The Morgan fingerprint density at radius 3 is 2.70 bits per heavy atom. The molecular weight excluding hydrogens is 256 g/mol. The number of nitrogens with zero attached hydrogens (tertiary/aromatic N) is 3. The number of carboxylic acid groups (broad SMARTS) is 1. The topological polar surface area (TPSA) is 80.0 Å². The van der Waals surface area contributed by atoms with Gasteiger partial charge in [0.1, 0.15) is 5.52 Å². The van der Waals surface area contributed by atoms with Crippen molar-refractivity contribution in [3.63, 3.8) is 0 Å². The van der Waals surface area contributed by atoms with Crippen molar-refractivity contribution in [2.45, 2.75) is 26.7 Å². The highest BCUT2D eigenvalue weighted by Gasteiger charge is 2.34. The van der Waals surface area contributed by atoms with Gasteiger partial charge < -0.3 is 15.0 Å². The summed E-state index contributed by atoms with van der Waals surface area (Å²) in [5.74, 6) is -0.140. The molecule has 6 nitrogen and oxygen atoms in total. The number of fused-ring (bicyclic) bond motifs is 1. The van der Waals surface area contributed by atoms with E-state index in [0.29, 0.717) is 25.2 Å². The lowest BCUT2D eigenvalue weighted by molar-refractivity contribution is -0.148. The molecule has 0 aromatic carbocycles. The number of hydrogen-bond acceptors (Lipinski definition) is 4. The molecule has 2 aromatic heterocycles. The van der Waals surface area contributed by atoms with Gasteiger partial charge in [-0.15, -0.1) is 0 Å². The number of carbonyl (C=O) groups is 1. The Morgan fingerprint density at radius 2 is 2.10 bits per heavy atom. The lowest BCUT2D eigenvalue weighted by atomic mass is 9.82. The first-order valence-corrected chi connectivity index (χ1v) is 6.77. The molecular formula is C14H20N4O2. The second kappa shape index (κ2) is 5.48. The van der Waals surface area contributed by atoms with E-state index in [1.54, 1.807) is 12.5 Å². The van der Waals surface area contributed by atoms with Crippen LogP contribution in [0.5, 0.6) is 0 Å². The maximum atomic E-state index is 11.5. The van der Waals surface area contributed by atoms with Gasteiger partial charge in [-0.1, -0.05) is 13.8 Å². The molecule has 20 heavy (non-hydrogen) atoms. The molecule has 2 rings (SSSR count). The van der Waals surface area contributed by atoms with E-state index in [1.165, 1.54) is 0 Å². The number of aromatic nitrogens is 3. The molecule has 0 saturated heterocycles. The van der Waals surface area contributed by atoms with Crippen LogP contribution in [0.15, 0.2) is 18.6 Å². The molecule has 0 aliphatic rings. The van der Waals surface area contributed by atoms with Gasteiger partial charge in [0.25, 0.3) is 0 Å². The molecule has 0 radical (unpaired) electrons. The summed E-state index contributed by atoms with van der Waals surface area (Å²) in [7, 11) is 1.92. The molecule has 0 saturated carbocycles. The first-order chi connectivity index (χ1) is 9.54. The molecule has 0 fully saturated rings. The van der Waals surface area contributed by atoms with Gasteiger partial charge in [-0.25, -0.2) is 9.97 Å². The SMILES string of the molecule is CCC(CC)(CNc1nccc2c1ncn2C)C(=O)O. The standard InChI is InChI=1S/C14H20N4O2/c1-4-14(5-2,13(19)20)8-16-12-11-10(6-7-15-12)18(3)9-17-11/h6-7,9H,4-5,8H2,1-3H3,(H,15,16)(H,19,20). The fourth-order valence-electron chi connectivity index (χ4n) is 2.32. The van der Waals surface area contributed by atoms with Crippen LogP contribution in [-0.2, 0) is 11.8 Å². The van der Waals surface area contributed by atoms with Crippen molar-refractivity contribution in [1.29, 1.82) is 0 Å². The normalized spacial score (nSPS) is 11.8. The molecule has 108 valence electrons.